The van der Waals surface area contributed by atoms with Crippen molar-refractivity contribution in [2.75, 3.05) is 25.6 Å². The molecule has 23 heteroatoms. The van der Waals surface area contributed by atoms with E-state index in [0.717, 1.165) is 62.1 Å². The molecule has 1 aromatic heterocycles. The van der Waals surface area contributed by atoms with Gasteiger partial charge in [0, 0.05) is 30.9 Å². The predicted octanol–water partition coefficient (Wildman–Crippen LogP) is 4.12. The number of nitrogen functional groups attached to an aromatic ring is 1. The lowest BCUT2D eigenvalue weighted by atomic mass is 9.82. The van der Waals surface area contributed by atoms with Gasteiger partial charge < -0.3 is 55.3 Å². The van der Waals surface area contributed by atoms with E-state index in [0.29, 0.717) is 25.2 Å². The van der Waals surface area contributed by atoms with Gasteiger partial charge in [0.15, 0.2) is 6.10 Å². The molecule has 0 amide bonds. The van der Waals surface area contributed by atoms with Gasteiger partial charge >= 0.3 is 33.3 Å². The maximum absolute atomic E-state index is 13.3. The Morgan fingerprint density at radius 3 is 2.26 bits per heavy atom. The van der Waals surface area contributed by atoms with Crippen molar-refractivity contribution in [3.05, 3.63) is 47.1 Å². The quantitative estimate of drug-likeness (QED) is 0.0471. The number of aliphatic hydroxyl groups excluding tert-OH is 5. The molecule has 65 heavy (non-hydrogen) atoms. The smallest absolute Gasteiger partial charge is 0.461 e. The minimum absolute atomic E-state index is 0.0163. The standard InChI is InChI=1S/C42H71N3O18P2/c1-4-5-10-16-29(46)20-21-31-33(47)24-34(48)32-17-13-14-18-37(49)58-25-30(61-38(50)19-12-9-7-6-8-11-15-28(2)3)26-59-64(54,55)63-65(56,57)60-27-35(40(52)39(31)51)62-41(32)45-23-22-36(43)44-42(45)53/h13-14,20-23,28-35,39-41,46-48,51-52H,4-12,15-19,24-27H2,1-3H3,(H,54,55)(H,56,57)(H2,43,44,53)/b14-13-,21-20+/t29-,30-,31+,32-,33-,34+,35-,39+,40-,41-/m1/s1. The van der Waals surface area contributed by atoms with Crippen LogP contribution < -0.4 is 11.4 Å². The summed E-state index contributed by atoms with van der Waals surface area (Å²) in [5, 5.41) is 57.1. The molecule has 12 atom stereocenters. The molecule has 2 aliphatic rings. The highest BCUT2D eigenvalue weighted by Crippen LogP contribution is 2.60. The van der Waals surface area contributed by atoms with Gasteiger partial charge in [-0.1, -0.05) is 103 Å². The number of cyclic esters (lactones) is 1. The number of fused-ring (bicyclic) bond motifs is 3. The first kappa shape index (κ1) is 56.4. The summed E-state index contributed by atoms with van der Waals surface area (Å²) in [6.45, 7) is 3.52. The Bertz CT molecular complexity index is 1820. The van der Waals surface area contributed by atoms with E-state index in [1.54, 1.807) is 0 Å². The number of ether oxygens (including phenoxy) is 3. The molecule has 1 saturated heterocycles. The molecule has 1 aromatic rings. The number of unbranched alkanes of at least 4 members (excludes halogenated alkanes) is 7. The second-order valence-corrected chi connectivity index (χ2v) is 20.1. The number of nitrogens with two attached hydrogens (primary N) is 1. The van der Waals surface area contributed by atoms with E-state index in [1.165, 1.54) is 30.4 Å². The maximum atomic E-state index is 13.3. The van der Waals surface area contributed by atoms with Crippen LogP contribution in [0.5, 0.6) is 0 Å². The van der Waals surface area contributed by atoms with E-state index < -0.39 is 120 Å². The van der Waals surface area contributed by atoms with Gasteiger partial charge in [-0.05, 0) is 31.2 Å². The average molecular weight is 968 g/mol. The Balaban J connectivity index is 1.96. The van der Waals surface area contributed by atoms with Crippen molar-refractivity contribution < 1.29 is 81.6 Å². The molecule has 372 valence electrons. The van der Waals surface area contributed by atoms with Gasteiger partial charge in [-0.2, -0.15) is 9.29 Å². The lowest BCUT2D eigenvalue weighted by molar-refractivity contribution is -0.194. The summed E-state index contributed by atoms with van der Waals surface area (Å²) < 4.78 is 58.4. The summed E-state index contributed by atoms with van der Waals surface area (Å²) in [6.07, 6.45) is 1.21. The second kappa shape index (κ2) is 28.4. The fourth-order valence-corrected chi connectivity index (χ4v) is 9.51. The van der Waals surface area contributed by atoms with Crippen LogP contribution in [0.2, 0.25) is 0 Å². The number of esters is 2. The van der Waals surface area contributed by atoms with Gasteiger partial charge in [0.2, 0.25) is 0 Å². The Hall–Kier alpha value is -2.88. The van der Waals surface area contributed by atoms with Crippen LogP contribution in [-0.4, -0.2) is 119 Å². The minimum Gasteiger partial charge on any atom is -0.461 e. The lowest BCUT2D eigenvalue weighted by Crippen LogP contribution is -2.52. The molecule has 0 aromatic carbocycles. The van der Waals surface area contributed by atoms with Crippen LogP contribution in [0.25, 0.3) is 0 Å². The predicted molar refractivity (Wildman–Crippen MR) is 235 cm³/mol. The van der Waals surface area contributed by atoms with Crippen LogP contribution in [0.1, 0.15) is 123 Å². The number of carbonyl (C=O) groups is 2. The SMILES string of the molecule is CCCCC[C@@H](O)/C=C/[C@@H]1[C@H](O)[C@H](O)[C@H]2COP(=O)(O)OP(=O)(O)OC[C@H](OC(=O)CCCCCCCCC(C)C)COC(=O)C/C=C\C[C@@H]([C@H](n3ccc(N)nc3=O)O2)[C@@H](O)C[C@H]1O. The van der Waals surface area contributed by atoms with Crippen molar-refractivity contribution >= 4 is 33.4 Å². The van der Waals surface area contributed by atoms with Crippen molar-refractivity contribution in [1.29, 1.82) is 0 Å². The van der Waals surface area contributed by atoms with Gasteiger partial charge in [-0.15, -0.1) is 0 Å². The molecule has 21 nitrogen and oxygen atoms in total. The summed E-state index contributed by atoms with van der Waals surface area (Å²) in [7, 11) is -11.3. The Kier molecular flexibility index (Phi) is 24.7. The molecule has 0 spiro atoms. The number of anilines is 1. The number of hydrogen-bond donors (Lipinski definition) is 8. The number of aliphatic hydroxyl groups is 5. The molecule has 0 saturated carbocycles. The highest BCUT2D eigenvalue weighted by Gasteiger charge is 2.45. The Labute approximate surface area is 380 Å². The van der Waals surface area contributed by atoms with Crippen LogP contribution >= 0.6 is 15.6 Å². The largest absolute Gasteiger partial charge is 0.481 e. The Morgan fingerprint density at radius 1 is 0.923 bits per heavy atom. The fraction of sp³-hybridized carbons (Fsp3) is 0.762. The van der Waals surface area contributed by atoms with Crippen LogP contribution in [0.15, 0.2) is 41.4 Å². The van der Waals surface area contributed by atoms with E-state index in [4.69, 9.17) is 29.0 Å². The van der Waals surface area contributed by atoms with Crippen LogP contribution in [0.4, 0.5) is 5.82 Å². The maximum Gasteiger partial charge on any atom is 0.481 e. The highest BCUT2D eigenvalue weighted by molar-refractivity contribution is 7.61. The van der Waals surface area contributed by atoms with E-state index in [2.05, 4.69) is 23.1 Å². The number of rotatable bonds is 17. The summed E-state index contributed by atoms with van der Waals surface area (Å²) >= 11 is 0. The summed E-state index contributed by atoms with van der Waals surface area (Å²) in [4.78, 5) is 63.8. The van der Waals surface area contributed by atoms with E-state index in [1.807, 2.05) is 6.92 Å². The minimum atomic E-state index is -5.69. The summed E-state index contributed by atoms with van der Waals surface area (Å²) in [5.41, 5.74) is 4.71. The molecule has 2 aliphatic heterocycles. The molecule has 1 fully saturated rings. The molecular formula is C42H71N3O18P2. The van der Waals surface area contributed by atoms with E-state index in [-0.39, 0.29) is 25.1 Å². The van der Waals surface area contributed by atoms with Gasteiger partial charge in [0.25, 0.3) is 0 Å². The number of allylic oxidation sites excluding steroid dienone is 1. The number of hydrogen-bond acceptors (Lipinski definition) is 18. The third kappa shape index (κ3) is 20.9. The van der Waals surface area contributed by atoms with Gasteiger partial charge in [-0.3, -0.25) is 23.2 Å². The monoisotopic (exact) mass is 967 g/mol. The highest BCUT2D eigenvalue weighted by atomic mass is 31.3. The van der Waals surface area contributed by atoms with Crippen molar-refractivity contribution in [2.45, 2.75) is 166 Å². The molecule has 3 heterocycles. The Morgan fingerprint density at radius 2 is 1.58 bits per heavy atom. The normalized spacial score (nSPS) is 32.5. The zero-order valence-corrected chi connectivity index (χ0v) is 39.3. The third-order valence-corrected chi connectivity index (χ3v) is 13.6. The van der Waals surface area contributed by atoms with Crippen molar-refractivity contribution in [3.8, 4) is 0 Å². The second-order valence-electron chi connectivity index (χ2n) is 17.0. The zero-order chi connectivity index (χ0) is 48.2. The van der Waals surface area contributed by atoms with Crippen molar-refractivity contribution in [3.63, 3.8) is 0 Å². The van der Waals surface area contributed by atoms with Gasteiger partial charge in [-0.25, -0.2) is 13.9 Å². The first-order valence-corrected chi connectivity index (χ1v) is 25.5. The van der Waals surface area contributed by atoms with E-state index >= 15 is 0 Å². The van der Waals surface area contributed by atoms with Gasteiger partial charge in [0.05, 0.1) is 44.1 Å². The molecule has 0 aliphatic carbocycles. The number of aromatic nitrogens is 2. The molecule has 3 rings (SSSR count). The average Bonchev–Trinajstić information content (AvgIpc) is 3.22. The number of phosphoric ester groups is 2. The molecular weight excluding hydrogens is 896 g/mol. The van der Waals surface area contributed by atoms with Crippen LogP contribution in [0, 0.1) is 17.8 Å². The fourth-order valence-electron chi connectivity index (χ4n) is 7.40. The first-order chi connectivity index (χ1) is 30.7. The molecule has 2 bridgehead atoms. The van der Waals surface area contributed by atoms with Crippen LogP contribution in [-0.2, 0) is 46.3 Å². The zero-order valence-electron chi connectivity index (χ0n) is 37.5. The number of nitrogens with zero attached hydrogens (tertiary/aromatic N) is 2. The molecule has 0 radical (unpaired) electrons. The van der Waals surface area contributed by atoms with Crippen LogP contribution in [0.3, 0.4) is 0 Å². The van der Waals surface area contributed by atoms with Gasteiger partial charge in [0.1, 0.15) is 30.9 Å². The van der Waals surface area contributed by atoms with E-state index in [9.17, 15) is 58.8 Å². The molecule has 9 N–H and O–H groups in total. The first-order valence-electron chi connectivity index (χ1n) is 22.5. The van der Waals surface area contributed by atoms with Crippen molar-refractivity contribution in [2.24, 2.45) is 17.8 Å². The number of phosphoric acid groups is 2. The summed E-state index contributed by atoms with van der Waals surface area (Å²) in [5.74, 6) is -3.80. The summed E-state index contributed by atoms with van der Waals surface area (Å²) in [6, 6.07) is 1.22. The lowest BCUT2D eigenvalue weighted by Gasteiger charge is -2.40. The third-order valence-electron chi connectivity index (χ3n) is 11.0. The molecule has 2 unspecified atom stereocenters. The van der Waals surface area contributed by atoms with Crippen molar-refractivity contribution in [1.82, 2.24) is 9.55 Å². The topological polar surface area (TPSA) is 326 Å². The number of carbonyl (C=O) groups excluding carboxylic acids is 2.